The van der Waals surface area contributed by atoms with Gasteiger partial charge in [0.05, 0.1) is 17.8 Å². The number of rotatable bonds is 2. The zero-order chi connectivity index (χ0) is 14.4. The second-order valence-corrected chi connectivity index (χ2v) is 5.85. The van der Waals surface area contributed by atoms with Crippen LogP contribution in [0.4, 0.5) is 5.69 Å². The average Bonchev–Trinajstić information content (AvgIpc) is 2.84. The van der Waals surface area contributed by atoms with Crippen LogP contribution in [-0.4, -0.2) is 36.4 Å². The van der Waals surface area contributed by atoms with Gasteiger partial charge in [-0.3, -0.25) is 0 Å². The number of ether oxygens (including phenoxy) is 1. The molecule has 2 saturated heterocycles. The molecule has 21 heavy (non-hydrogen) atoms. The van der Waals surface area contributed by atoms with Crippen molar-refractivity contribution in [3.8, 4) is 0 Å². The van der Waals surface area contributed by atoms with E-state index in [1.54, 1.807) is 6.07 Å². The molecule has 1 N–H and O–H groups in total. The molecule has 2 fully saturated rings. The molecule has 2 aliphatic heterocycles. The summed E-state index contributed by atoms with van der Waals surface area (Å²) in [7, 11) is 0. The smallest absolute Gasteiger partial charge is 0.336 e. The number of morpholine rings is 1. The lowest BCUT2D eigenvalue weighted by atomic mass is 10.0. The Kier molecular flexibility index (Phi) is 2.86. The van der Waals surface area contributed by atoms with Crippen molar-refractivity contribution in [2.24, 2.45) is 0 Å². The number of benzene rings is 2. The number of carbonyl (C=O) groups is 1. The predicted octanol–water partition coefficient (Wildman–Crippen LogP) is 2.91. The van der Waals surface area contributed by atoms with Crippen molar-refractivity contribution in [1.29, 1.82) is 0 Å². The van der Waals surface area contributed by atoms with Gasteiger partial charge in [-0.1, -0.05) is 24.3 Å². The van der Waals surface area contributed by atoms with Crippen LogP contribution in [0.1, 0.15) is 23.2 Å². The number of aromatic carboxylic acids is 1. The highest BCUT2D eigenvalue weighted by Gasteiger charge is 2.34. The van der Waals surface area contributed by atoms with Crippen LogP contribution < -0.4 is 4.90 Å². The predicted molar refractivity (Wildman–Crippen MR) is 81.0 cm³/mol. The summed E-state index contributed by atoms with van der Waals surface area (Å²) in [5.74, 6) is -0.875. The van der Waals surface area contributed by atoms with E-state index in [0.29, 0.717) is 17.8 Å². The van der Waals surface area contributed by atoms with Crippen molar-refractivity contribution < 1.29 is 14.6 Å². The first-order valence-electron chi connectivity index (χ1n) is 7.38. The Hall–Kier alpha value is -2.07. The molecule has 4 nitrogen and oxygen atoms in total. The van der Waals surface area contributed by atoms with Gasteiger partial charge in [-0.2, -0.15) is 0 Å². The van der Waals surface area contributed by atoms with Crippen LogP contribution in [0, 0.1) is 0 Å². The Bertz CT molecular complexity index is 700. The lowest BCUT2D eigenvalue weighted by Crippen LogP contribution is -2.42. The molecule has 2 aliphatic rings. The van der Waals surface area contributed by atoms with Gasteiger partial charge in [-0.25, -0.2) is 4.79 Å². The molecule has 2 aromatic carbocycles. The monoisotopic (exact) mass is 283 g/mol. The van der Waals surface area contributed by atoms with Crippen molar-refractivity contribution >= 4 is 22.4 Å². The van der Waals surface area contributed by atoms with Crippen molar-refractivity contribution in [3.63, 3.8) is 0 Å². The maximum atomic E-state index is 11.4. The van der Waals surface area contributed by atoms with Crippen LogP contribution in [0.25, 0.3) is 10.8 Å². The van der Waals surface area contributed by atoms with Crippen molar-refractivity contribution in [3.05, 3.63) is 42.0 Å². The maximum Gasteiger partial charge on any atom is 0.336 e. The van der Waals surface area contributed by atoms with Gasteiger partial charge >= 0.3 is 5.97 Å². The zero-order valence-electron chi connectivity index (χ0n) is 11.7. The van der Waals surface area contributed by atoms with Gasteiger partial charge in [0, 0.05) is 24.2 Å². The molecule has 2 aromatic rings. The summed E-state index contributed by atoms with van der Waals surface area (Å²) in [6.45, 7) is 1.79. The first kappa shape index (κ1) is 12.7. The molecule has 0 saturated carbocycles. The molecule has 0 aliphatic carbocycles. The lowest BCUT2D eigenvalue weighted by Gasteiger charge is -2.34. The molecule has 2 atom stereocenters. The van der Waals surface area contributed by atoms with Crippen molar-refractivity contribution in [2.75, 3.05) is 18.0 Å². The molecule has 4 heteroatoms. The van der Waals surface area contributed by atoms with Crippen molar-refractivity contribution in [1.82, 2.24) is 0 Å². The van der Waals surface area contributed by atoms with E-state index in [4.69, 9.17) is 4.74 Å². The molecule has 2 unspecified atom stereocenters. The zero-order valence-corrected chi connectivity index (χ0v) is 11.7. The molecule has 4 rings (SSSR count). The highest BCUT2D eigenvalue weighted by molar-refractivity contribution is 6.07. The Labute approximate surface area is 122 Å². The standard InChI is InChI=1S/C17H17NO3/c19-17(20)15-7-8-16(14-4-2-1-3-13(14)15)18-9-11-5-6-12(10-18)21-11/h1-4,7-8,11-12H,5-6,9-10H2,(H,19,20). The normalized spacial score (nSPS) is 24.5. The van der Waals surface area contributed by atoms with E-state index in [-0.39, 0.29) is 0 Å². The minimum Gasteiger partial charge on any atom is -0.478 e. The summed E-state index contributed by atoms with van der Waals surface area (Å²) in [5, 5.41) is 11.2. The van der Waals surface area contributed by atoms with Gasteiger partial charge in [0.15, 0.2) is 0 Å². The third kappa shape index (κ3) is 2.07. The van der Waals surface area contributed by atoms with Gasteiger partial charge in [0.25, 0.3) is 0 Å². The number of anilines is 1. The Morgan fingerprint density at radius 1 is 1.05 bits per heavy atom. The Balaban J connectivity index is 1.82. The van der Waals surface area contributed by atoms with Crippen LogP contribution >= 0.6 is 0 Å². The van der Waals surface area contributed by atoms with Gasteiger partial charge < -0.3 is 14.7 Å². The number of carboxylic acids is 1. The third-order valence-corrected chi connectivity index (χ3v) is 4.52. The van der Waals surface area contributed by atoms with E-state index in [0.717, 1.165) is 42.4 Å². The van der Waals surface area contributed by atoms with E-state index in [1.807, 2.05) is 30.3 Å². The van der Waals surface area contributed by atoms with E-state index in [2.05, 4.69) is 4.90 Å². The minimum absolute atomic E-state index is 0.321. The first-order valence-corrected chi connectivity index (χ1v) is 7.38. The second kappa shape index (κ2) is 4.74. The fourth-order valence-electron chi connectivity index (χ4n) is 3.56. The van der Waals surface area contributed by atoms with Gasteiger partial charge in [-0.05, 0) is 30.4 Å². The van der Waals surface area contributed by atoms with E-state index in [1.165, 1.54) is 0 Å². The quantitative estimate of drug-likeness (QED) is 0.920. The number of hydrogen-bond acceptors (Lipinski definition) is 3. The minimum atomic E-state index is -0.875. The van der Waals surface area contributed by atoms with Crippen LogP contribution in [-0.2, 0) is 4.74 Å². The number of fused-ring (bicyclic) bond motifs is 3. The van der Waals surface area contributed by atoms with Gasteiger partial charge in [0.1, 0.15) is 0 Å². The summed E-state index contributed by atoms with van der Waals surface area (Å²) >= 11 is 0. The molecule has 2 bridgehead atoms. The largest absolute Gasteiger partial charge is 0.478 e. The Morgan fingerprint density at radius 2 is 1.71 bits per heavy atom. The molecule has 0 radical (unpaired) electrons. The SMILES string of the molecule is O=C(O)c1ccc(N2CC3CCC(C2)O3)c2ccccc12. The highest BCUT2D eigenvalue weighted by atomic mass is 16.5. The molecule has 0 spiro atoms. The van der Waals surface area contributed by atoms with Crippen LogP contribution in [0.3, 0.4) is 0 Å². The van der Waals surface area contributed by atoms with Crippen LogP contribution in [0.15, 0.2) is 36.4 Å². The molecule has 0 amide bonds. The van der Waals surface area contributed by atoms with Gasteiger partial charge in [-0.15, -0.1) is 0 Å². The summed E-state index contributed by atoms with van der Waals surface area (Å²) in [5.41, 5.74) is 1.49. The molecule has 108 valence electrons. The lowest BCUT2D eigenvalue weighted by molar-refractivity contribution is 0.0306. The fourth-order valence-corrected chi connectivity index (χ4v) is 3.56. The molecule has 2 heterocycles. The summed E-state index contributed by atoms with van der Waals surface area (Å²) < 4.78 is 5.89. The summed E-state index contributed by atoms with van der Waals surface area (Å²) in [4.78, 5) is 13.7. The van der Waals surface area contributed by atoms with E-state index >= 15 is 0 Å². The number of hydrogen-bond donors (Lipinski definition) is 1. The molecule has 0 aromatic heterocycles. The number of carboxylic acid groups (broad SMARTS) is 1. The Morgan fingerprint density at radius 3 is 2.38 bits per heavy atom. The third-order valence-electron chi connectivity index (χ3n) is 4.52. The van der Waals surface area contributed by atoms with Gasteiger partial charge in [0.2, 0.25) is 0 Å². The van der Waals surface area contributed by atoms with E-state index in [9.17, 15) is 9.90 Å². The van der Waals surface area contributed by atoms with Crippen LogP contribution in [0.2, 0.25) is 0 Å². The topological polar surface area (TPSA) is 49.8 Å². The average molecular weight is 283 g/mol. The molecular weight excluding hydrogens is 266 g/mol. The second-order valence-electron chi connectivity index (χ2n) is 5.85. The van der Waals surface area contributed by atoms with E-state index < -0.39 is 5.97 Å². The van der Waals surface area contributed by atoms with Crippen LogP contribution in [0.5, 0.6) is 0 Å². The highest BCUT2D eigenvalue weighted by Crippen LogP contribution is 2.34. The molecular formula is C17H17NO3. The fraction of sp³-hybridized carbons (Fsp3) is 0.353. The summed E-state index contributed by atoms with van der Waals surface area (Å²) in [6.07, 6.45) is 2.90. The number of nitrogens with zero attached hydrogens (tertiary/aromatic N) is 1. The maximum absolute atomic E-state index is 11.4. The summed E-state index contributed by atoms with van der Waals surface area (Å²) in [6, 6.07) is 11.4. The first-order chi connectivity index (χ1) is 10.2. The van der Waals surface area contributed by atoms with Crippen molar-refractivity contribution in [2.45, 2.75) is 25.0 Å².